The first kappa shape index (κ1) is 3.46. The minimum atomic E-state index is -3.14. The Labute approximate surface area is 28.5 Å². The van der Waals surface area contributed by atoms with Gasteiger partial charge in [-0.1, -0.05) is 0 Å². The van der Waals surface area contributed by atoms with Crippen molar-refractivity contribution in [2.75, 3.05) is 0 Å². The Morgan fingerprint density at radius 3 is 1.40 bits per heavy atom. The fourth-order valence-corrected chi connectivity index (χ4v) is 0.268. The Bertz CT molecular complexity index is 41.6. The highest BCUT2D eigenvalue weighted by Crippen LogP contribution is 2.68. The van der Waals surface area contributed by atoms with E-state index in [2.05, 4.69) is 9.35 Å². The van der Waals surface area contributed by atoms with Crippen LogP contribution in [0.2, 0.25) is 0 Å². The minimum absolute atomic E-state index is 3.14. The minimum Gasteiger partial charge on any atom is -0.164 e. The zero-order valence-electron chi connectivity index (χ0n) is 2.16. The van der Waals surface area contributed by atoms with Gasteiger partial charge in [0, 0.05) is 0 Å². The van der Waals surface area contributed by atoms with Crippen LogP contribution in [0, 0.1) is 0 Å². The van der Waals surface area contributed by atoms with Crippen molar-refractivity contribution < 1.29 is 19.1 Å². The van der Waals surface area contributed by atoms with Crippen LogP contribution in [0.15, 0.2) is 0 Å². The first-order valence-corrected chi connectivity index (χ1v) is 2.46. The summed E-state index contributed by atoms with van der Waals surface area (Å²) in [4.78, 5) is 15.7. The molecule has 5 heavy (non-hydrogen) atoms. The Kier molecular flexibility index (Phi) is 0.462. The Morgan fingerprint density at radius 2 is 1.40 bits per heavy atom. The van der Waals surface area contributed by atoms with Gasteiger partial charge in [0.2, 0.25) is 0 Å². The molecule has 1 rings (SSSR count). The van der Waals surface area contributed by atoms with Gasteiger partial charge in [-0.05, 0) is 0 Å². The van der Waals surface area contributed by atoms with Gasteiger partial charge < -0.3 is 0 Å². The molecule has 1 aliphatic heterocycles. The summed E-state index contributed by atoms with van der Waals surface area (Å²) >= 11 is 0. The fourth-order valence-electron chi connectivity index (χ4n) is 0.0298. The zero-order chi connectivity index (χ0) is 3.91. The molecule has 2 N–H and O–H groups in total. The average Bonchev–Trinajstić information content (AvgIpc) is 1.76. The lowest BCUT2D eigenvalue weighted by Gasteiger charge is -1.56. The summed E-state index contributed by atoms with van der Waals surface area (Å²) < 4.78 is 7.24. The molecule has 0 radical (unpaired) electrons. The van der Waals surface area contributed by atoms with E-state index >= 15 is 0 Å². The van der Waals surface area contributed by atoms with Crippen LogP contribution in [0.5, 0.6) is 0 Å². The summed E-state index contributed by atoms with van der Waals surface area (Å²) in [5.41, 5.74) is 0. The molecule has 5 heteroatoms. The third kappa shape index (κ3) is 0.792. The molecule has 1 saturated heterocycles. The number of hydrogen-bond donors (Lipinski definition) is 2. The summed E-state index contributed by atoms with van der Waals surface area (Å²) in [6.45, 7) is 0. The Hall–Kier alpha value is 0.270. The second kappa shape index (κ2) is 0.668. The molecule has 1 aliphatic rings. The molecular weight excluding hydrogens is 95.0 g/mol. The second-order valence-electron chi connectivity index (χ2n) is 0.640. The quantitative estimate of drug-likeness (QED) is 0.245. The molecule has 0 unspecified atom stereocenters. The summed E-state index contributed by atoms with van der Waals surface area (Å²) in [6.07, 6.45) is 0. The fraction of sp³-hybridized carbons (Fsp3) is 0. The highest BCUT2D eigenvalue weighted by Gasteiger charge is 2.63. The molecule has 0 amide bonds. The maximum Gasteiger partial charge on any atom is 0.640 e. The van der Waals surface area contributed by atoms with Gasteiger partial charge in [0.05, 0.1) is 9.35 Å². The van der Waals surface area contributed by atoms with Gasteiger partial charge in [0.1, 0.15) is 0 Å². The lowest BCUT2D eigenvalue weighted by Crippen LogP contribution is -1.54. The van der Waals surface area contributed by atoms with Gasteiger partial charge in [-0.2, -0.15) is 9.79 Å². The molecule has 0 atom stereocenters. The van der Waals surface area contributed by atoms with Crippen molar-refractivity contribution in [2.24, 2.45) is 0 Å². The Morgan fingerprint density at radius 1 is 1.20 bits per heavy atom. The smallest absolute Gasteiger partial charge is 0.164 e. The molecule has 0 aromatic rings. The topological polar surface area (TPSA) is 65.5 Å². The maximum atomic E-state index is 7.85. The molecule has 4 nitrogen and oxygen atoms in total. The van der Waals surface area contributed by atoms with Crippen molar-refractivity contribution in [1.82, 2.24) is 0 Å². The van der Waals surface area contributed by atoms with E-state index < -0.39 is 8.17 Å². The first-order chi connectivity index (χ1) is 2.21. The second-order valence-corrected chi connectivity index (χ2v) is 1.92. The van der Waals surface area contributed by atoms with E-state index in [0.29, 0.717) is 0 Å². The molecule has 0 bridgehead atoms. The van der Waals surface area contributed by atoms with Gasteiger partial charge in [0.25, 0.3) is 0 Å². The molecule has 0 aliphatic carbocycles. The SMILES string of the molecule is O[P+]1(O)OO1. The molecule has 30 valence electrons. The van der Waals surface area contributed by atoms with Gasteiger partial charge in [-0.15, -0.1) is 0 Å². The monoisotopic (exact) mass is 97.0 g/mol. The molecule has 0 aromatic heterocycles. The van der Waals surface area contributed by atoms with Crippen molar-refractivity contribution in [3.8, 4) is 0 Å². The Balaban J connectivity index is 2.38. The molecular formula is H2O4P+. The van der Waals surface area contributed by atoms with E-state index in [1.165, 1.54) is 0 Å². The maximum absolute atomic E-state index is 7.85. The van der Waals surface area contributed by atoms with E-state index in [0.717, 1.165) is 0 Å². The molecule has 1 heterocycles. The van der Waals surface area contributed by atoms with E-state index in [1.807, 2.05) is 0 Å². The molecule has 0 spiro atoms. The molecule has 1 fully saturated rings. The molecule has 0 saturated carbocycles. The van der Waals surface area contributed by atoms with Crippen molar-refractivity contribution in [3.05, 3.63) is 0 Å². The summed E-state index contributed by atoms with van der Waals surface area (Å²) in [5, 5.41) is 0. The van der Waals surface area contributed by atoms with E-state index in [9.17, 15) is 0 Å². The van der Waals surface area contributed by atoms with Crippen LogP contribution < -0.4 is 0 Å². The average molecular weight is 97.0 g/mol. The van der Waals surface area contributed by atoms with E-state index in [1.54, 1.807) is 0 Å². The van der Waals surface area contributed by atoms with E-state index in [4.69, 9.17) is 9.79 Å². The van der Waals surface area contributed by atoms with Crippen molar-refractivity contribution in [2.45, 2.75) is 0 Å². The summed E-state index contributed by atoms with van der Waals surface area (Å²) in [7, 11) is -3.14. The van der Waals surface area contributed by atoms with Gasteiger partial charge in [-0.3, -0.25) is 0 Å². The van der Waals surface area contributed by atoms with Crippen LogP contribution in [0.1, 0.15) is 0 Å². The standard InChI is InChI=1S/H2O4P/c1-5(2)3-4-5/h1-2H/q+1. The van der Waals surface area contributed by atoms with Crippen LogP contribution in [0.3, 0.4) is 0 Å². The first-order valence-electron chi connectivity index (χ1n) is 0.932. The highest BCUT2D eigenvalue weighted by atomic mass is 31.2. The highest BCUT2D eigenvalue weighted by molar-refractivity contribution is 7.58. The van der Waals surface area contributed by atoms with Crippen LogP contribution >= 0.6 is 8.17 Å². The van der Waals surface area contributed by atoms with Crippen LogP contribution in [-0.2, 0) is 9.35 Å². The van der Waals surface area contributed by atoms with Crippen LogP contribution in [0.25, 0.3) is 0 Å². The normalized spacial score (nSPS) is 30.0. The lowest BCUT2D eigenvalue weighted by atomic mass is 15.0. The third-order valence-electron chi connectivity index (χ3n) is 0.208. The predicted molar refractivity (Wildman–Crippen MR) is 13.5 cm³/mol. The van der Waals surface area contributed by atoms with Gasteiger partial charge >= 0.3 is 8.17 Å². The van der Waals surface area contributed by atoms with E-state index in [-0.39, 0.29) is 0 Å². The van der Waals surface area contributed by atoms with Crippen molar-refractivity contribution >= 4 is 8.17 Å². The van der Waals surface area contributed by atoms with Crippen molar-refractivity contribution in [3.63, 3.8) is 0 Å². The third-order valence-corrected chi connectivity index (χ3v) is 0.624. The predicted octanol–water partition coefficient (Wildman–Crippen LogP) is -0.390. The number of rotatable bonds is 0. The summed E-state index contributed by atoms with van der Waals surface area (Å²) in [5.74, 6) is 0. The zero-order valence-corrected chi connectivity index (χ0v) is 3.05. The van der Waals surface area contributed by atoms with Crippen LogP contribution in [0.4, 0.5) is 0 Å². The number of hydrogen-bond acceptors (Lipinski definition) is 4. The van der Waals surface area contributed by atoms with Gasteiger partial charge in [-0.25, -0.2) is 0 Å². The van der Waals surface area contributed by atoms with Gasteiger partial charge in [0.15, 0.2) is 0 Å². The lowest BCUT2D eigenvalue weighted by molar-refractivity contribution is 0.0850. The summed E-state index contributed by atoms with van der Waals surface area (Å²) in [6, 6.07) is 0. The van der Waals surface area contributed by atoms with Crippen LogP contribution in [-0.4, -0.2) is 9.79 Å². The largest absolute Gasteiger partial charge is 0.640 e. The van der Waals surface area contributed by atoms with Crippen molar-refractivity contribution in [1.29, 1.82) is 0 Å². The molecule has 0 aromatic carbocycles.